The highest BCUT2D eigenvalue weighted by Gasteiger charge is 2.19. The molecule has 0 spiro atoms. The average Bonchev–Trinajstić information content (AvgIpc) is 2.55. The lowest BCUT2D eigenvalue weighted by Gasteiger charge is -2.00. The summed E-state index contributed by atoms with van der Waals surface area (Å²) in [6.07, 6.45) is 2.63. The highest BCUT2D eigenvalue weighted by atomic mass is 16.7. The van der Waals surface area contributed by atoms with Crippen LogP contribution in [0.4, 0.5) is 0 Å². The van der Waals surface area contributed by atoms with Crippen molar-refractivity contribution >= 4 is 0 Å². The van der Waals surface area contributed by atoms with E-state index in [1.807, 2.05) is 6.92 Å². The monoisotopic (exact) mass is 154 g/mol. The first kappa shape index (κ1) is 6.82. The SMILES string of the molecule is Cc1nc([C@@H]2CCON2)co1. The minimum absolute atomic E-state index is 0.215. The number of hydrogen-bond acceptors (Lipinski definition) is 4. The predicted octanol–water partition coefficient (Wildman–Crippen LogP) is 0.949. The van der Waals surface area contributed by atoms with Crippen LogP contribution in [0.3, 0.4) is 0 Å². The van der Waals surface area contributed by atoms with Crippen LogP contribution in [0.25, 0.3) is 0 Å². The predicted molar refractivity (Wildman–Crippen MR) is 37.7 cm³/mol. The Bertz CT molecular complexity index is 240. The van der Waals surface area contributed by atoms with Crippen molar-refractivity contribution in [1.82, 2.24) is 10.5 Å². The largest absolute Gasteiger partial charge is 0.449 e. The van der Waals surface area contributed by atoms with Gasteiger partial charge in [0.1, 0.15) is 6.26 Å². The van der Waals surface area contributed by atoms with Crippen LogP contribution in [0.1, 0.15) is 24.0 Å². The molecule has 1 N–H and O–H groups in total. The lowest BCUT2D eigenvalue weighted by molar-refractivity contribution is 0.0876. The highest BCUT2D eigenvalue weighted by Crippen LogP contribution is 2.19. The van der Waals surface area contributed by atoms with Gasteiger partial charge >= 0.3 is 0 Å². The molecular formula is C7H10N2O2. The van der Waals surface area contributed by atoms with E-state index in [-0.39, 0.29) is 6.04 Å². The summed E-state index contributed by atoms with van der Waals surface area (Å²) in [5.74, 6) is 0.703. The van der Waals surface area contributed by atoms with Crippen LogP contribution in [-0.2, 0) is 4.84 Å². The first-order valence-electron chi connectivity index (χ1n) is 3.65. The van der Waals surface area contributed by atoms with E-state index in [1.165, 1.54) is 0 Å². The molecule has 0 amide bonds. The Kier molecular flexibility index (Phi) is 1.63. The van der Waals surface area contributed by atoms with Crippen LogP contribution in [0.2, 0.25) is 0 Å². The van der Waals surface area contributed by atoms with Gasteiger partial charge in [0.25, 0.3) is 0 Å². The molecule has 4 nitrogen and oxygen atoms in total. The van der Waals surface area contributed by atoms with E-state index in [4.69, 9.17) is 9.25 Å². The molecule has 0 radical (unpaired) electrons. The van der Waals surface area contributed by atoms with Crippen LogP contribution in [-0.4, -0.2) is 11.6 Å². The van der Waals surface area contributed by atoms with Crippen molar-refractivity contribution in [3.63, 3.8) is 0 Å². The van der Waals surface area contributed by atoms with E-state index in [0.717, 1.165) is 18.7 Å². The maximum atomic E-state index is 5.07. The fourth-order valence-electron chi connectivity index (χ4n) is 1.14. The molecule has 0 aromatic carbocycles. The summed E-state index contributed by atoms with van der Waals surface area (Å²) in [5.41, 5.74) is 3.79. The lowest BCUT2D eigenvalue weighted by atomic mass is 10.2. The maximum absolute atomic E-state index is 5.07. The van der Waals surface area contributed by atoms with E-state index in [0.29, 0.717) is 5.89 Å². The third-order valence-corrected chi connectivity index (χ3v) is 1.73. The molecule has 60 valence electrons. The average molecular weight is 154 g/mol. The summed E-state index contributed by atoms with van der Waals surface area (Å²) >= 11 is 0. The molecule has 2 rings (SSSR count). The number of oxazole rings is 1. The third-order valence-electron chi connectivity index (χ3n) is 1.73. The molecule has 1 saturated heterocycles. The van der Waals surface area contributed by atoms with Crippen molar-refractivity contribution in [3.05, 3.63) is 17.8 Å². The first-order valence-corrected chi connectivity index (χ1v) is 3.65. The Morgan fingerprint density at radius 3 is 3.18 bits per heavy atom. The van der Waals surface area contributed by atoms with Gasteiger partial charge < -0.3 is 9.25 Å². The van der Waals surface area contributed by atoms with Gasteiger partial charge in [0.2, 0.25) is 0 Å². The first-order chi connectivity index (χ1) is 5.36. The molecule has 1 atom stereocenters. The van der Waals surface area contributed by atoms with Gasteiger partial charge in [-0.15, -0.1) is 0 Å². The summed E-state index contributed by atoms with van der Waals surface area (Å²) in [7, 11) is 0. The van der Waals surface area contributed by atoms with Gasteiger partial charge in [0.05, 0.1) is 18.3 Å². The lowest BCUT2D eigenvalue weighted by Crippen LogP contribution is -2.11. The summed E-state index contributed by atoms with van der Waals surface area (Å²) in [6.45, 7) is 2.58. The van der Waals surface area contributed by atoms with E-state index in [9.17, 15) is 0 Å². The number of hydrogen-bond donors (Lipinski definition) is 1. The Labute approximate surface area is 64.5 Å². The molecule has 0 aliphatic carbocycles. The van der Waals surface area contributed by atoms with E-state index < -0.39 is 0 Å². The second-order valence-electron chi connectivity index (χ2n) is 2.60. The van der Waals surface area contributed by atoms with E-state index >= 15 is 0 Å². The molecular weight excluding hydrogens is 144 g/mol. The quantitative estimate of drug-likeness (QED) is 0.654. The van der Waals surface area contributed by atoms with Gasteiger partial charge in [-0.2, -0.15) is 5.48 Å². The summed E-state index contributed by atoms with van der Waals surface area (Å²) in [4.78, 5) is 9.17. The molecule has 2 heterocycles. The van der Waals surface area contributed by atoms with Crippen molar-refractivity contribution < 1.29 is 9.25 Å². The number of rotatable bonds is 1. The van der Waals surface area contributed by atoms with Gasteiger partial charge in [0.15, 0.2) is 5.89 Å². The summed E-state index contributed by atoms with van der Waals surface area (Å²) < 4.78 is 5.07. The molecule has 1 fully saturated rings. The van der Waals surface area contributed by atoms with E-state index in [1.54, 1.807) is 6.26 Å². The zero-order valence-electron chi connectivity index (χ0n) is 6.33. The Morgan fingerprint density at radius 1 is 1.73 bits per heavy atom. The number of nitrogens with one attached hydrogen (secondary N) is 1. The topological polar surface area (TPSA) is 47.3 Å². The van der Waals surface area contributed by atoms with Crippen LogP contribution in [0, 0.1) is 6.92 Å². The minimum atomic E-state index is 0.215. The second kappa shape index (κ2) is 2.64. The minimum Gasteiger partial charge on any atom is -0.449 e. The molecule has 0 bridgehead atoms. The van der Waals surface area contributed by atoms with Crippen molar-refractivity contribution in [2.45, 2.75) is 19.4 Å². The van der Waals surface area contributed by atoms with Gasteiger partial charge in [-0.25, -0.2) is 4.98 Å². The van der Waals surface area contributed by atoms with Crippen molar-refractivity contribution in [2.24, 2.45) is 0 Å². The summed E-state index contributed by atoms with van der Waals surface area (Å²) in [5, 5.41) is 0. The van der Waals surface area contributed by atoms with Crippen LogP contribution in [0.15, 0.2) is 10.7 Å². The second-order valence-corrected chi connectivity index (χ2v) is 2.60. The van der Waals surface area contributed by atoms with Crippen molar-refractivity contribution in [3.8, 4) is 0 Å². The van der Waals surface area contributed by atoms with Gasteiger partial charge in [0, 0.05) is 6.92 Å². The smallest absolute Gasteiger partial charge is 0.191 e. The molecule has 4 heteroatoms. The molecule has 0 saturated carbocycles. The van der Waals surface area contributed by atoms with Crippen LogP contribution < -0.4 is 5.48 Å². The number of hydroxylamine groups is 1. The molecule has 11 heavy (non-hydrogen) atoms. The van der Waals surface area contributed by atoms with Crippen LogP contribution >= 0.6 is 0 Å². The van der Waals surface area contributed by atoms with Crippen molar-refractivity contribution in [1.29, 1.82) is 0 Å². The maximum Gasteiger partial charge on any atom is 0.191 e. The van der Waals surface area contributed by atoms with Gasteiger partial charge in [-0.3, -0.25) is 0 Å². The zero-order valence-corrected chi connectivity index (χ0v) is 6.33. The molecule has 0 unspecified atom stereocenters. The van der Waals surface area contributed by atoms with Crippen molar-refractivity contribution in [2.75, 3.05) is 6.61 Å². The highest BCUT2D eigenvalue weighted by molar-refractivity contribution is 5.02. The number of aromatic nitrogens is 1. The number of nitrogens with zero attached hydrogens (tertiary/aromatic N) is 1. The Balaban J connectivity index is 2.15. The number of aryl methyl sites for hydroxylation is 1. The third kappa shape index (κ3) is 1.27. The summed E-state index contributed by atoms with van der Waals surface area (Å²) in [6, 6.07) is 0.215. The van der Waals surface area contributed by atoms with Gasteiger partial charge in [-0.1, -0.05) is 0 Å². The zero-order chi connectivity index (χ0) is 7.68. The fraction of sp³-hybridized carbons (Fsp3) is 0.571. The normalized spacial score (nSPS) is 24.3. The van der Waals surface area contributed by atoms with E-state index in [2.05, 4.69) is 10.5 Å². The fourth-order valence-corrected chi connectivity index (χ4v) is 1.14. The standard InChI is InChI=1S/C7H10N2O2/c1-5-8-7(4-10-5)6-2-3-11-9-6/h4,6,9H,2-3H2,1H3/t6-/m0/s1. The Morgan fingerprint density at radius 2 is 2.64 bits per heavy atom. The molecule has 1 aromatic heterocycles. The molecule has 1 aromatic rings. The Hall–Kier alpha value is -0.870. The molecule has 1 aliphatic heterocycles. The van der Waals surface area contributed by atoms with Gasteiger partial charge in [-0.05, 0) is 6.42 Å². The molecule has 1 aliphatic rings. The van der Waals surface area contributed by atoms with Crippen LogP contribution in [0.5, 0.6) is 0 Å².